The molecule has 1 atom stereocenters. The van der Waals surface area contributed by atoms with Gasteiger partial charge in [0.1, 0.15) is 5.82 Å². The van der Waals surface area contributed by atoms with Gasteiger partial charge in [0, 0.05) is 43.4 Å². The average molecular weight is 390 g/mol. The second-order valence-electron chi connectivity index (χ2n) is 7.40. The van der Waals surface area contributed by atoms with Gasteiger partial charge < -0.3 is 19.4 Å². The lowest BCUT2D eigenvalue weighted by molar-refractivity contribution is -0.218. The normalized spacial score (nSPS) is 20.5. The molecule has 5 nitrogen and oxygen atoms in total. The summed E-state index contributed by atoms with van der Waals surface area (Å²) in [7, 11) is 0. The number of nitrogens with zero attached hydrogens (tertiary/aromatic N) is 1. The van der Waals surface area contributed by atoms with E-state index in [1.165, 1.54) is 6.07 Å². The van der Waals surface area contributed by atoms with E-state index in [4.69, 9.17) is 9.47 Å². The van der Waals surface area contributed by atoms with Crippen LogP contribution in [-0.2, 0) is 20.7 Å². The van der Waals surface area contributed by atoms with Crippen LogP contribution in [-0.4, -0.2) is 48.4 Å². The molecule has 1 N–H and O–H groups in total. The number of halogens is 1. The Morgan fingerprint density at radius 1 is 1.25 bits per heavy atom. The molecule has 0 radical (unpaired) electrons. The van der Waals surface area contributed by atoms with E-state index >= 15 is 0 Å². The number of benzene rings is 1. The minimum Gasteiger partial charge on any atom is -0.361 e. The van der Waals surface area contributed by atoms with E-state index in [1.54, 1.807) is 12.1 Å². The van der Waals surface area contributed by atoms with Crippen LogP contribution in [0.4, 0.5) is 4.39 Å². The van der Waals surface area contributed by atoms with Crippen molar-refractivity contribution in [3.8, 4) is 0 Å². The lowest BCUT2D eigenvalue weighted by Crippen LogP contribution is -2.56. The Balaban J connectivity index is 1.76. The van der Waals surface area contributed by atoms with Crippen molar-refractivity contribution in [1.29, 1.82) is 0 Å². The predicted molar refractivity (Wildman–Crippen MR) is 108 cm³/mol. The minimum absolute atomic E-state index is 0.110. The molecule has 154 valence electrons. The van der Waals surface area contributed by atoms with Gasteiger partial charge in [0.15, 0.2) is 6.29 Å². The van der Waals surface area contributed by atoms with Crippen LogP contribution in [0.15, 0.2) is 24.4 Å². The van der Waals surface area contributed by atoms with Gasteiger partial charge in [-0.2, -0.15) is 0 Å². The van der Waals surface area contributed by atoms with Crippen LogP contribution in [0.5, 0.6) is 0 Å². The smallest absolute Gasteiger partial charge is 0.233 e. The molecule has 1 saturated heterocycles. The molecule has 1 amide bonds. The third kappa shape index (κ3) is 3.94. The minimum atomic E-state index is -0.628. The highest BCUT2D eigenvalue weighted by atomic mass is 19.1. The van der Waals surface area contributed by atoms with Crippen LogP contribution >= 0.6 is 0 Å². The first-order valence-corrected chi connectivity index (χ1v) is 10.3. The van der Waals surface area contributed by atoms with E-state index in [2.05, 4.69) is 4.98 Å². The molecule has 1 aromatic heterocycles. The summed E-state index contributed by atoms with van der Waals surface area (Å²) < 4.78 is 25.3. The molecule has 28 heavy (non-hydrogen) atoms. The number of nitrogens with one attached hydrogen (secondary N) is 1. The number of hydrogen-bond acceptors (Lipinski definition) is 3. The molecule has 0 bridgehead atoms. The molecule has 1 aliphatic rings. The van der Waals surface area contributed by atoms with E-state index in [0.29, 0.717) is 32.6 Å². The lowest BCUT2D eigenvalue weighted by Gasteiger charge is -2.45. The Morgan fingerprint density at radius 2 is 2.00 bits per heavy atom. The summed E-state index contributed by atoms with van der Waals surface area (Å²) in [6.45, 7) is 8.26. The number of rotatable bonds is 9. The van der Waals surface area contributed by atoms with Crippen molar-refractivity contribution in [1.82, 2.24) is 9.88 Å². The van der Waals surface area contributed by atoms with Crippen LogP contribution in [0.3, 0.4) is 0 Å². The van der Waals surface area contributed by atoms with Gasteiger partial charge in [-0.1, -0.05) is 6.92 Å². The molecule has 0 spiro atoms. The number of hydrogen-bond donors (Lipinski definition) is 1. The van der Waals surface area contributed by atoms with E-state index in [1.807, 2.05) is 31.9 Å². The second-order valence-corrected chi connectivity index (χ2v) is 7.40. The number of carbonyl (C=O) groups is 1. The number of aromatic nitrogens is 1. The number of aromatic amines is 1. The average Bonchev–Trinajstić information content (AvgIpc) is 3.09. The summed E-state index contributed by atoms with van der Waals surface area (Å²) in [4.78, 5) is 18.6. The van der Waals surface area contributed by atoms with Crippen molar-refractivity contribution in [3.05, 3.63) is 35.8 Å². The molecular weight excluding hydrogens is 359 g/mol. The molecule has 1 aromatic carbocycles. The van der Waals surface area contributed by atoms with Crippen molar-refractivity contribution in [2.45, 2.75) is 52.7 Å². The Bertz CT molecular complexity index is 800. The van der Waals surface area contributed by atoms with Crippen molar-refractivity contribution in [2.24, 2.45) is 5.41 Å². The number of piperidine rings is 1. The molecule has 2 aromatic rings. The first-order valence-electron chi connectivity index (χ1n) is 10.3. The summed E-state index contributed by atoms with van der Waals surface area (Å²) in [5, 5.41) is 0.882. The Labute approximate surface area is 166 Å². The highest BCUT2D eigenvalue weighted by molar-refractivity contribution is 5.85. The van der Waals surface area contributed by atoms with Gasteiger partial charge in [0.25, 0.3) is 0 Å². The maximum Gasteiger partial charge on any atom is 0.233 e. The zero-order valence-electron chi connectivity index (χ0n) is 17.1. The summed E-state index contributed by atoms with van der Waals surface area (Å²) in [5.41, 5.74) is 1.31. The van der Waals surface area contributed by atoms with Crippen molar-refractivity contribution in [2.75, 3.05) is 26.3 Å². The van der Waals surface area contributed by atoms with Crippen LogP contribution in [0.1, 0.15) is 45.6 Å². The predicted octanol–water partition coefficient (Wildman–Crippen LogP) is 4.27. The molecule has 6 heteroatoms. The van der Waals surface area contributed by atoms with Crippen molar-refractivity contribution >= 4 is 16.8 Å². The van der Waals surface area contributed by atoms with E-state index in [-0.39, 0.29) is 11.7 Å². The van der Waals surface area contributed by atoms with E-state index < -0.39 is 11.7 Å². The van der Waals surface area contributed by atoms with E-state index in [9.17, 15) is 9.18 Å². The monoisotopic (exact) mass is 390 g/mol. The maximum atomic E-state index is 13.6. The Morgan fingerprint density at radius 3 is 2.68 bits per heavy atom. The Hall–Kier alpha value is -1.92. The zero-order chi connectivity index (χ0) is 20.1. The second kappa shape index (κ2) is 9.05. The molecule has 3 rings (SSSR count). The standard InChI is InChI=1S/C22H31FN2O3/c1-4-22(21(27-5-2)28-6-3)11-7-12-25(20(22)26)13-10-16-15-24-19-9-8-17(23)14-18(16)19/h8-9,14-15,21,24H,4-7,10-13H2,1-3H3/t22-/m1/s1. The van der Waals surface area contributed by atoms with Gasteiger partial charge in [-0.3, -0.25) is 4.79 Å². The molecule has 0 aliphatic carbocycles. The van der Waals surface area contributed by atoms with Crippen LogP contribution in [0, 0.1) is 11.2 Å². The van der Waals surface area contributed by atoms with Crippen LogP contribution < -0.4 is 0 Å². The molecule has 0 saturated carbocycles. The van der Waals surface area contributed by atoms with E-state index in [0.717, 1.165) is 35.9 Å². The first-order chi connectivity index (χ1) is 13.6. The first kappa shape index (κ1) is 20.8. The zero-order valence-corrected chi connectivity index (χ0v) is 17.1. The number of ether oxygens (including phenoxy) is 2. The van der Waals surface area contributed by atoms with Gasteiger partial charge in [0.05, 0.1) is 5.41 Å². The quantitative estimate of drug-likeness (QED) is 0.651. The maximum absolute atomic E-state index is 13.6. The number of fused-ring (bicyclic) bond motifs is 1. The fourth-order valence-corrected chi connectivity index (χ4v) is 4.32. The highest BCUT2D eigenvalue weighted by Gasteiger charge is 2.49. The van der Waals surface area contributed by atoms with Gasteiger partial charge in [-0.15, -0.1) is 0 Å². The summed E-state index contributed by atoms with van der Waals surface area (Å²) in [6, 6.07) is 4.75. The number of amides is 1. The molecular formula is C22H31FN2O3. The Kier molecular flexibility index (Phi) is 6.73. The molecule has 1 fully saturated rings. The highest BCUT2D eigenvalue weighted by Crippen LogP contribution is 2.40. The van der Waals surface area contributed by atoms with Crippen molar-refractivity contribution in [3.63, 3.8) is 0 Å². The summed E-state index contributed by atoms with van der Waals surface area (Å²) in [5.74, 6) is -0.136. The van der Waals surface area contributed by atoms with Crippen LogP contribution in [0.25, 0.3) is 10.9 Å². The fourth-order valence-electron chi connectivity index (χ4n) is 4.32. The van der Waals surface area contributed by atoms with Gasteiger partial charge in [-0.25, -0.2) is 4.39 Å². The SMILES string of the molecule is CCOC(OCC)[C@]1(CC)CCCN(CCc2c[nH]c3ccc(F)cc23)C1=O. The lowest BCUT2D eigenvalue weighted by atomic mass is 9.75. The molecule has 0 unspecified atom stereocenters. The molecule has 1 aliphatic heterocycles. The molecule has 2 heterocycles. The topological polar surface area (TPSA) is 54.6 Å². The fraction of sp³-hybridized carbons (Fsp3) is 0.591. The van der Waals surface area contributed by atoms with Gasteiger partial charge >= 0.3 is 0 Å². The van der Waals surface area contributed by atoms with Gasteiger partial charge in [-0.05, 0) is 63.3 Å². The van der Waals surface area contributed by atoms with Crippen molar-refractivity contribution < 1.29 is 18.7 Å². The van der Waals surface area contributed by atoms with Crippen LogP contribution in [0.2, 0.25) is 0 Å². The number of likely N-dealkylation sites (tertiary alicyclic amines) is 1. The summed E-state index contributed by atoms with van der Waals surface area (Å²) >= 11 is 0. The number of carbonyl (C=O) groups excluding carboxylic acids is 1. The summed E-state index contributed by atoms with van der Waals surface area (Å²) in [6.07, 6.45) is 4.48. The number of H-pyrrole nitrogens is 1. The van der Waals surface area contributed by atoms with Gasteiger partial charge in [0.2, 0.25) is 5.91 Å². The largest absolute Gasteiger partial charge is 0.361 e. The third-order valence-corrected chi connectivity index (χ3v) is 5.86. The third-order valence-electron chi connectivity index (χ3n) is 5.86.